The fraction of sp³-hybridized carbons (Fsp3) is 0.269. The van der Waals surface area contributed by atoms with Crippen LogP contribution < -0.4 is 9.30 Å². The van der Waals surface area contributed by atoms with Crippen molar-refractivity contribution in [1.82, 2.24) is 9.88 Å². The number of aromatic nitrogens is 2. The normalized spacial score (nSPS) is 17.5. The number of aliphatic hydroxyl groups excluding tert-OH is 1. The molecule has 1 saturated heterocycles. The molecular weight excluding hydrogens is 437 g/mol. The molecule has 1 fully saturated rings. The quantitative estimate of drug-likeness (QED) is 0.230. The number of hydrogen-bond acceptors (Lipinski definition) is 4. The lowest BCUT2D eigenvalue weighted by atomic mass is 9.95. The number of rotatable bonds is 8. The molecule has 0 spiro atoms. The molecule has 2 N–H and O–H groups in total. The van der Waals surface area contributed by atoms with Crippen LogP contribution in [0.3, 0.4) is 0 Å². The summed E-state index contributed by atoms with van der Waals surface area (Å²) in [5.41, 5.74) is 0.934. The predicted molar refractivity (Wildman–Crippen MR) is 123 cm³/mol. The maximum absolute atomic E-state index is 13.4. The van der Waals surface area contributed by atoms with E-state index in [1.54, 1.807) is 30.5 Å². The van der Waals surface area contributed by atoms with E-state index in [9.17, 15) is 19.1 Å². The van der Waals surface area contributed by atoms with E-state index in [0.717, 1.165) is 0 Å². The van der Waals surface area contributed by atoms with Crippen molar-refractivity contribution in [3.8, 4) is 5.75 Å². The van der Waals surface area contributed by atoms with Crippen molar-refractivity contribution in [2.45, 2.75) is 39.0 Å². The molecule has 2 heterocycles. The van der Waals surface area contributed by atoms with E-state index >= 15 is 0 Å². The fourth-order valence-corrected chi connectivity index (χ4v) is 4.10. The third-order valence-corrected chi connectivity index (χ3v) is 5.64. The number of amides is 1. The molecule has 0 saturated carbocycles. The van der Waals surface area contributed by atoms with Crippen LogP contribution in [0.15, 0.2) is 72.8 Å². The van der Waals surface area contributed by atoms with Crippen LogP contribution in [0.1, 0.15) is 37.4 Å². The Bertz CT molecular complexity index is 1190. The molecule has 176 valence electrons. The lowest BCUT2D eigenvalue weighted by Crippen LogP contribution is -2.36. The zero-order valence-electron chi connectivity index (χ0n) is 19.1. The monoisotopic (exact) mass is 464 g/mol. The molecule has 0 radical (unpaired) electrons. The van der Waals surface area contributed by atoms with E-state index in [0.29, 0.717) is 30.8 Å². The Morgan fingerprint density at radius 2 is 1.85 bits per heavy atom. The molecule has 4 rings (SSSR count). The highest BCUT2D eigenvalue weighted by Gasteiger charge is 2.45. The number of imidazole rings is 1. The van der Waals surface area contributed by atoms with Crippen LogP contribution in [0.4, 0.5) is 4.39 Å². The maximum Gasteiger partial charge on any atom is 0.295 e. The van der Waals surface area contributed by atoms with Gasteiger partial charge in [0.1, 0.15) is 29.7 Å². The zero-order valence-corrected chi connectivity index (χ0v) is 19.1. The summed E-state index contributed by atoms with van der Waals surface area (Å²) in [6.07, 6.45) is 6.11. The van der Waals surface area contributed by atoms with Gasteiger partial charge in [0.05, 0.1) is 24.3 Å². The highest BCUT2D eigenvalue weighted by molar-refractivity contribution is 6.46. The van der Waals surface area contributed by atoms with Crippen molar-refractivity contribution >= 4 is 17.4 Å². The van der Waals surface area contributed by atoms with E-state index in [1.165, 1.54) is 29.2 Å². The van der Waals surface area contributed by atoms with Crippen LogP contribution in [-0.2, 0) is 16.1 Å². The first-order chi connectivity index (χ1) is 16.3. The Hall–Kier alpha value is -3.94. The van der Waals surface area contributed by atoms with Crippen LogP contribution in [-0.4, -0.2) is 39.3 Å². The molecule has 0 aliphatic carbocycles. The molecule has 3 aromatic rings. The molecule has 8 heteroatoms. The Kier molecular flexibility index (Phi) is 6.77. The van der Waals surface area contributed by atoms with Gasteiger partial charge in [-0.05, 0) is 55.8 Å². The number of H-pyrrole nitrogens is 1. The Labute approximate surface area is 197 Å². The first-order valence-electron chi connectivity index (χ1n) is 11.2. The van der Waals surface area contributed by atoms with E-state index in [2.05, 4.69) is 4.98 Å². The fourth-order valence-electron chi connectivity index (χ4n) is 4.10. The van der Waals surface area contributed by atoms with Crippen molar-refractivity contribution in [3.05, 3.63) is 89.8 Å². The number of aliphatic hydroxyl groups is 1. The summed E-state index contributed by atoms with van der Waals surface area (Å²) in [4.78, 5) is 30.6. The average Bonchev–Trinajstić information content (AvgIpc) is 3.42. The lowest BCUT2D eigenvalue weighted by Gasteiger charge is -2.25. The SMILES string of the molecule is CC(C)Oc1ccc(C2C(=C(O)c3ccc(F)cc3)C(=O)C(=O)N2CCC[n+]2cc[nH]c2)cc1. The minimum Gasteiger partial charge on any atom is -0.507 e. The van der Waals surface area contributed by atoms with Crippen LogP contribution in [0.2, 0.25) is 0 Å². The van der Waals surface area contributed by atoms with E-state index < -0.39 is 23.5 Å². The second kappa shape index (κ2) is 9.91. The number of carbonyl (C=O) groups excluding carboxylic acids is 2. The van der Waals surface area contributed by atoms with Crippen molar-refractivity contribution in [1.29, 1.82) is 0 Å². The Morgan fingerprint density at radius 1 is 1.15 bits per heavy atom. The minimum atomic E-state index is -0.769. The summed E-state index contributed by atoms with van der Waals surface area (Å²) in [7, 11) is 0. The van der Waals surface area contributed by atoms with Gasteiger partial charge >= 0.3 is 0 Å². The molecule has 1 aliphatic heterocycles. The standard InChI is InChI=1S/C26H26FN3O4/c1-17(2)34-21-10-6-18(7-11-21)23-22(24(31)19-4-8-20(27)9-5-19)25(32)26(33)30(23)14-3-13-29-15-12-28-16-29/h4-12,15-17,23H,3,13-14H2,1-2H3,(H,31,32)/p+1. The smallest absolute Gasteiger partial charge is 0.295 e. The van der Waals surface area contributed by atoms with Crippen molar-refractivity contribution in [3.63, 3.8) is 0 Å². The van der Waals surface area contributed by atoms with Gasteiger partial charge in [0, 0.05) is 18.5 Å². The van der Waals surface area contributed by atoms with Gasteiger partial charge in [0.25, 0.3) is 11.7 Å². The van der Waals surface area contributed by atoms with Crippen molar-refractivity contribution < 1.29 is 28.4 Å². The van der Waals surface area contributed by atoms with Crippen molar-refractivity contribution in [2.24, 2.45) is 0 Å². The number of likely N-dealkylation sites (tertiary alicyclic amines) is 1. The first kappa shape index (κ1) is 23.2. The van der Waals surface area contributed by atoms with Gasteiger partial charge in [-0.15, -0.1) is 0 Å². The molecular formula is C26H27FN3O4+. The first-order valence-corrected chi connectivity index (χ1v) is 11.2. The van der Waals surface area contributed by atoms with Crippen LogP contribution in [0.25, 0.3) is 5.76 Å². The van der Waals surface area contributed by atoms with Gasteiger partial charge in [-0.1, -0.05) is 12.1 Å². The van der Waals surface area contributed by atoms with Crippen LogP contribution in [0.5, 0.6) is 5.75 Å². The number of ketones is 1. The molecule has 1 atom stereocenters. The number of halogens is 1. The molecule has 7 nitrogen and oxygen atoms in total. The molecule has 1 aromatic heterocycles. The number of hydrogen-bond donors (Lipinski definition) is 2. The molecule has 2 aromatic carbocycles. The summed E-state index contributed by atoms with van der Waals surface area (Å²) in [6.45, 7) is 4.82. The van der Waals surface area contributed by atoms with Gasteiger partial charge < -0.3 is 14.7 Å². The number of carbonyl (C=O) groups is 2. The zero-order chi connectivity index (χ0) is 24.2. The summed E-state index contributed by atoms with van der Waals surface area (Å²) < 4.78 is 21.1. The van der Waals surface area contributed by atoms with Crippen LogP contribution >= 0.6 is 0 Å². The molecule has 1 unspecified atom stereocenters. The molecule has 0 bridgehead atoms. The summed E-state index contributed by atoms with van der Waals surface area (Å²) in [6, 6.07) is 11.5. The second-order valence-corrected chi connectivity index (χ2v) is 8.44. The maximum atomic E-state index is 13.4. The molecule has 1 aliphatic rings. The number of aryl methyl sites for hydroxylation is 1. The topological polar surface area (TPSA) is 86.5 Å². The van der Waals surface area contributed by atoms with E-state index in [-0.39, 0.29) is 23.0 Å². The van der Waals surface area contributed by atoms with Gasteiger partial charge in [-0.3, -0.25) is 14.6 Å². The second-order valence-electron chi connectivity index (χ2n) is 8.44. The largest absolute Gasteiger partial charge is 0.507 e. The highest BCUT2D eigenvalue weighted by atomic mass is 19.1. The van der Waals surface area contributed by atoms with E-state index in [1.807, 2.05) is 30.9 Å². The average molecular weight is 465 g/mol. The van der Waals surface area contributed by atoms with Gasteiger partial charge in [0.2, 0.25) is 6.33 Å². The number of Topliss-reactive ketones (excluding diaryl/α,β-unsaturated/α-hetero) is 1. The number of nitrogens with one attached hydrogen (secondary N) is 1. The van der Waals surface area contributed by atoms with Gasteiger partial charge in [-0.25, -0.2) is 8.96 Å². The number of benzene rings is 2. The minimum absolute atomic E-state index is 0.000827. The summed E-state index contributed by atoms with van der Waals surface area (Å²) >= 11 is 0. The number of nitrogens with zero attached hydrogens (tertiary/aromatic N) is 2. The summed E-state index contributed by atoms with van der Waals surface area (Å²) in [5, 5.41) is 11.0. The third-order valence-electron chi connectivity index (χ3n) is 5.64. The van der Waals surface area contributed by atoms with Crippen molar-refractivity contribution in [2.75, 3.05) is 6.54 Å². The lowest BCUT2D eigenvalue weighted by molar-refractivity contribution is -0.695. The van der Waals surface area contributed by atoms with Gasteiger partial charge in [-0.2, -0.15) is 0 Å². The molecule has 1 amide bonds. The van der Waals surface area contributed by atoms with Gasteiger partial charge in [0.15, 0.2) is 0 Å². The highest BCUT2D eigenvalue weighted by Crippen LogP contribution is 2.40. The summed E-state index contributed by atoms with van der Waals surface area (Å²) in [5.74, 6) is -1.55. The predicted octanol–water partition coefficient (Wildman–Crippen LogP) is 3.74. The number of aromatic amines is 1. The van der Waals surface area contributed by atoms with Crippen LogP contribution in [0, 0.1) is 5.82 Å². The number of ether oxygens (including phenoxy) is 1. The molecule has 34 heavy (non-hydrogen) atoms. The Morgan fingerprint density at radius 3 is 2.47 bits per heavy atom. The third kappa shape index (κ3) is 4.85. The van der Waals surface area contributed by atoms with E-state index in [4.69, 9.17) is 4.74 Å². The Balaban J connectivity index is 1.71.